The summed E-state index contributed by atoms with van der Waals surface area (Å²) in [7, 11) is -2.74. The van der Waals surface area contributed by atoms with Crippen molar-refractivity contribution in [2.24, 2.45) is 5.10 Å². The zero-order valence-corrected chi connectivity index (χ0v) is 18.2. The van der Waals surface area contributed by atoms with Gasteiger partial charge in [-0.25, -0.2) is 9.82 Å². The Labute approximate surface area is 185 Å². The maximum absolute atomic E-state index is 14.4. The van der Waals surface area contributed by atoms with Gasteiger partial charge in [0.25, 0.3) is 0 Å². The normalized spacial score (nSPS) is 11.3. The van der Waals surface area contributed by atoms with Crippen LogP contribution in [-0.4, -0.2) is 27.6 Å². The summed E-state index contributed by atoms with van der Waals surface area (Å²) in [5.74, 6) is -1.19. The van der Waals surface area contributed by atoms with E-state index in [2.05, 4.69) is 10.5 Å². The molecule has 0 spiro atoms. The van der Waals surface area contributed by atoms with E-state index >= 15 is 0 Å². The number of para-hydroxylation sites is 1. The lowest BCUT2D eigenvalue weighted by atomic mass is 10.1. The molecule has 0 unspecified atom stereocenters. The van der Waals surface area contributed by atoms with E-state index < -0.39 is 27.6 Å². The van der Waals surface area contributed by atoms with Crippen LogP contribution in [0.1, 0.15) is 16.7 Å². The van der Waals surface area contributed by atoms with Crippen LogP contribution in [0.15, 0.2) is 76.7 Å². The molecule has 166 valence electrons. The molecule has 3 aromatic rings. The first-order valence-electron chi connectivity index (χ1n) is 9.53. The number of methoxy groups -OCH3 is 1. The van der Waals surface area contributed by atoms with Crippen molar-refractivity contribution >= 4 is 22.2 Å². The maximum atomic E-state index is 14.4. The minimum absolute atomic E-state index is 0.0439. The van der Waals surface area contributed by atoms with Gasteiger partial charge in [0, 0.05) is 5.56 Å². The largest absolute Gasteiger partial charge is 0.497 e. The molecule has 0 bridgehead atoms. The highest BCUT2D eigenvalue weighted by Crippen LogP contribution is 2.25. The van der Waals surface area contributed by atoms with E-state index in [-0.39, 0.29) is 16.9 Å². The molecule has 3 rings (SSSR count). The Morgan fingerprint density at radius 1 is 1.09 bits per heavy atom. The number of hydrogen-bond donors (Lipinski definition) is 1. The molecule has 1 N–H and O–H groups in total. The number of amides is 1. The molecule has 0 saturated carbocycles. The van der Waals surface area contributed by atoms with Gasteiger partial charge in [-0.05, 0) is 48.9 Å². The number of nitrogens with zero attached hydrogens (tertiary/aromatic N) is 1. The van der Waals surface area contributed by atoms with E-state index in [4.69, 9.17) is 8.92 Å². The van der Waals surface area contributed by atoms with Crippen LogP contribution in [0.2, 0.25) is 0 Å². The lowest BCUT2D eigenvalue weighted by Crippen LogP contribution is -2.20. The predicted molar refractivity (Wildman–Crippen MR) is 118 cm³/mol. The summed E-state index contributed by atoms with van der Waals surface area (Å²) >= 11 is 0. The van der Waals surface area contributed by atoms with Gasteiger partial charge in [0.1, 0.15) is 10.6 Å². The Morgan fingerprint density at radius 2 is 1.81 bits per heavy atom. The predicted octanol–water partition coefficient (Wildman–Crippen LogP) is 3.60. The fourth-order valence-electron chi connectivity index (χ4n) is 2.76. The molecule has 0 atom stereocenters. The number of halogens is 1. The third-order valence-electron chi connectivity index (χ3n) is 4.39. The smallest absolute Gasteiger partial charge is 0.339 e. The number of benzene rings is 3. The molecule has 9 heteroatoms. The van der Waals surface area contributed by atoms with E-state index in [1.807, 2.05) is 6.92 Å². The summed E-state index contributed by atoms with van der Waals surface area (Å²) in [5, 5.41) is 3.80. The highest BCUT2D eigenvalue weighted by atomic mass is 32.2. The van der Waals surface area contributed by atoms with Gasteiger partial charge in [-0.1, -0.05) is 35.9 Å². The Morgan fingerprint density at radius 3 is 2.53 bits per heavy atom. The molecule has 3 aromatic carbocycles. The number of hydrogen-bond acceptors (Lipinski definition) is 6. The van der Waals surface area contributed by atoms with Crippen LogP contribution in [0, 0.1) is 12.7 Å². The number of hydrazone groups is 1. The molecule has 0 saturated heterocycles. The quantitative estimate of drug-likeness (QED) is 0.318. The van der Waals surface area contributed by atoms with Gasteiger partial charge in [-0.3, -0.25) is 4.79 Å². The molecule has 1 amide bonds. The Kier molecular flexibility index (Phi) is 7.21. The topological polar surface area (TPSA) is 94.1 Å². The Hall–Kier alpha value is -3.72. The number of rotatable bonds is 8. The molecule has 7 nitrogen and oxygen atoms in total. The van der Waals surface area contributed by atoms with Gasteiger partial charge in [0.2, 0.25) is 5.91 Å². The minimum atomic E-state index is -4.26. The second-order valence-electron chi connectivity index (χ2n) is 6.83. The van der Waals surface area contributed by atoms with Crippen LogP contribution in [0.3, 0.4) is 0 Å². The molecule has 0 aliphatic heterocycles. The van der Waals surface area contributed by atoms with Crippen molar-refractivity contribution in [3.63, 3.8) is 0 Å². The molecule has 0 radical (unpaired) electrons. The highest BCUT2D eigenvalue weighted by Gasteiger charge is 2.21. The van der Waals surface area contributed by atoms with Gasteiger partial charge in [0.05, 0.1) is 19.7 Å². The van der Waals surface area contributed by atoms with E-state index in [0.29, 0.717) is 5.75 Å². The van der Waals surface area contributed by atoms with Crippen molar-refractivity contribution in [3.05, 3.63) is 89.2 Å². The first-order chi connectivity index (χ1) is 15.3. The van der Waals surface area contributed by atoms with Gasteiger partial charge < -0.3 is 8.92 Å². The summed E-state index contributed by atoms with van der Waals surface area (Å²) in [5.41, 5.74) is 3.96. The zero-order chi connectivity index (χ0) is 23.1. The first kappa shape index (κ1) is 23.0. The van der Waals surface area contributed by atoms with Crippen molar-refractivity contribution in [3.8, 4) is 11.5 Å². The SMILES string of the molecule is COc1cccc(CC(=O)N/N=C/c2cccc(F)c2OS(=O)(=O)c2ccc(C)cc2)c1. The number of carbonyl (C=O) groups is 1. The first-order valence-corrected chi connectivity index (χ1v) is 10.9. The zero-order valence-electron chi connectivity index (χ0n) is 17.4. The van der Waals surface area contributed by atoms with Crippen molar-refractivity contribution in [1.82, 2.24) is 5.43 Å². The standard InChI is InChI=1S/C23H21FN2O5S/c1-16-9-11-20(12-10-16)32(28,29)31-23-18(6-4-8-21(23)24)15-25-26-22(27)14-17-5-3-7-19(13-17)30-2/h3-13,15H,14H2,1-2H3,(H,26,27)/b25-15+. The van der Waals surface area contributed by atoms with Gasteiger partial charge >= 0.3 is 10.1 Å². The van der Waals surface area contributed by atoms with E-state index in [1.165, 1.54) is 31.4 Å². The number of carbonyl (C=O) groups excluding carboxylic acids is 1. The number of aryl methyl sites for hydroxylation is 1. The van der Waals surface area contributed by atoms with E-state index in [1.54, 1.807) is 36.4 Å². The van der Waals surface area contributed by atoms with Gasteiger partial charge in [-0.2, -0.15) is 13.5 Å². The second kappa shape index (κ2) is 10.1. The summed E-state index contributed by atoms with van der Waals surface area (Å²) in [6.45, 7) is 1.81. The monoisotopic (exact) mass is 456 g/mol. The lowest BCUT2D eigenvalue weighted by Gasteiger charge is -2.10. The number of ether oxygens (including phenoxy) is 1. The fourth-order valence-corrected chi connectivity index (χ4v) is 3.72. The van der Waals surface area contributed by atoms with E-state index in [9.17, 15) is 17.6 Å². The molecule has 32 heavy (non-hydrogen) atoms. The van der Waals surface area contributed by atoms with Gasteiger partial charge in [-0.15, -0.1) is 0 Å². The van der Waals surface area contributed by atoms with Crippen LogP contribution in [-0.2, 0) is 21.3 Å². The van der Waals surface area contributed by atoms with E-state index in [0.717, 1.165) is 23.4 Å². The maximum Gasteiger partial charge on any atom is 0.339 e. The Balaban J connectivity index is 1.73. The second-order valence-corrected chi connectivity index (χ2v) is 8.38. The van der Waals surface area contributed by atoms with Crippen molar-refractivity contribution in [2.45, 2.75) is 18.2 Å². The molecule has 0 fully saturated rings. The average Bonchev–Trinajstić information content (AvgIpc) is 2.76. The van der Waals surface area contributed by atoms with Crippen LogP contribution in [0.25, 0.3) is 0 Å². The van der Waals surface area contributed by atoms with Crippen LogP contribution in [0.5, 0.6) is 11.5 Å². The molecule has 0 aromatic heterocycles. The molecule has 0 heterocycles. The molecule has 0 aliphatic rings. The lowest BCUT2D eigenvalue weighted by molar-refractivity contribution is -0.120. The van der Waals surface area contributed by atoms with Crippen molar-refractivity contribution in [1.29, 1.82) is 0 Å². The number of nitrogens with one attached hydrogen (secondary N) is 1. The average molecular weight is 456 g/mol. The summed E-state index contributed by atoms with van der Waals surface area (Å²) < 4.78 is 49.6. The van der Waals surface area contributed by atoms with Gasteiger partial charge in [0.15, 0.2) is 11.6 Å². The summed E-state index contributed by atoms with van der Waals surface area (Å²) in [6.07, 6.45) is 1.16. The summed E-state index contributed by atoms with van der Waals surface area (Å²) in [4.78, 5) is 12.0. The molecular weight excluding hydrogens is 435 g/mol. The summed E-state index contributed by atoms with van der Waals surface area (Å²) in [6, 6.07) is 16.8. The highest BCUT2D eigenvalue weighted by molar-refractivity contribution is 7.87. The van der Waals surface area contributed by atoms with Crippen molar-refractivity contribution < 1.29 is 26.5 Å². The Bertz CT molecular complexity index is 1240. The van der Waals surface area contributed by atoms with Crippen molar-refractivity contribution in [2.75, 3.05) is 7.11 Å². The minimum Gasteiger partial charge on any atom is -0.497 e. The van der Waals surface area contributed by atoms with Crippen LogP contribution >= 0.6 is 0 Å². The van der Waals surface area contributed by atoms with Crippen LogP contribution < -0.4 is 14.3 Å². The third-order valence-corrected chi connectivity index (χ3v) is 5.63. The third kappa shape index (κ3) is 5.92. The molecule has 0 aliphatic carbocycles. The fraction of sp³-hybridized carbons (Fsp3) is 0.130. The molecular formula is C23H21FN2O5S. The van der Waals surface area contributed by atoms with Crippen LogP contribution in [0.4, 0.5) is 4.39 Å².